The van der Waals surface area contributed by atoms with Crippen LogP contribution in [0.4, 0.5) is 15.9 Å². The molecule has 174 valence electrons. The number of fused-ring (bicyclic) bond motifs is 1. The highest BCUT2D eigenvalue weighted by Crippen LogP contribution is 2.34. The van der Waals surface area contributed by atoms with Gasteiger partial charge in [0, 0.05) is 30.0 Å². The van der Waals surface area contributed by atoms with Gasteiger partial charge in [-0.15, -0.1) is 0 Å². The summed E-state index contributed by atoms with van der Waals surface area (Å²) in [5.74, 6) is 2.47. The van der Waals surface area contributed by atoms with E-state index < -0.39 is 0 Å². The Labute approximate surface area is 197 Å². The van der Waals surface area contributed by atoms with Crippen LogP contribution >= 0.6 is 0 Å². The van der Waals surface area contributed by atoms with Gasteiger partial charge in [0.25, 0.3) is 0 Å². The van der Waals surface area contributed by atoms with Gasteiger partial charge >= 0.3 is 0 Å². The first-order valence-corrected chi connectivity index (χ1v) is 12.1. The first kappa shape index (κ1) is 23.1. The molecule has 0 radical (unpaired) electrons. The van der Waals surface area contributed by atoms with Crippen molar-refractivity contribution in [3.05, 3.63) is 77.5 Å². The lowest BCUT2D eigenvalue weighted by atomic mass is 10.0. The first-order valence-electron chi connectivity index (χ1n) is 12.1. The average molecular weight is 447 g/mol. The van der Waals surface area contributed by atoms with Gasteiger partial charge in [-0.25, -0.2) is 9.37 Å². The minimum atomic E-state index is -0.235. The minimum Gasteiger partial charge on any atom is -0.366 e. The summed E-state index contributed by atoms with van der Waals surface area (Å²) in [6.07, 6.45) is 5.70. The zero-order valence-electron chi connectivity index (χ0n) is 20.2. The molecule has 33 heavy (non-hydrogen) atoms. The highest BCUT2D eigenvalue weighted by molar-refractivity contribution is 5.76. The lowest BCUT2D eigenvalue weighted by Crippen LogP contribution is -2.33. The lowest BCUT2D eigenvalue weighted by molar-refractivity contribution is 0.261. The summed E-state index contributed by atoms with van der Waals surface area (Å²) in [5.41, 5.74) is 5.47. The minimum absolute atomic E-state index is 0.235. The molecule has 1 aromatic heterocycles. The predicted octanol–water partition coefficient (Wildman–Crippen LogP) is 7.29. The first-order chi connectivity index (χ1) is 15.9. The third kappa shape index (κ3) is 5.47. The molecule has 0 atom stereocenters. The quantitative estimate of drug-likeness (QED) is 0.394. The molecule has 3 aromatic rings. The molecule has 4 rings (SSSR count). The number of imidazole rings is 1. The van der Waals surface area contributed by atoms with Gasteiger partial charge in [-0.05, 0) is 68.5 Å². The van der Waals surface area contributed by atoms with E-state index in [0.29, 0.717) is 5.92 Å². The summed E-state index contributed by atoms with van der Waals surface area (Å²) in [7, 11) is 0. The Morgan fingerprint density at radius 2 is 1.82 bits per heavy atom. The second-order valence-electron chi connectivity index (χ2n) is 9.33. The van der Waals surface area contributed by atoms with Crippen molar-refractivity contribution in [2.24, 2.45) is 5.92 Å². The monoisotopic (exact) mass is 446 g/mol. The molecular formula is C28H35FN4. The second kappa shape index (κ2) is 10.2. The van der Waals surface area contributed by atoms with Crippen LogP contribution in [0.25, 0.3) is 11.3 Å². The van der Waals surface area contributed by atoms with E-state index >= 15 is 0 Å². The maximum Gasteiger partial charge on any atom is 0.138 e. The lowest BCUT2D eigenvalue weighted by Gasteiger charge is -2.33. The number of hydrogen-bond acceptors (Lipinski definition) is 3. The summed E-state index contributed by atoms with van der Waals surface area (Å²) in [6, 6.07) is 15.0. The maximum atomic E-state index is 13.6. The highest BCUT2D eigenvalue weighted by atomic mass is 19.1. The van der Waals surface area contributed by atoms with E-state index in [1.54, 1.807) is 0 Å². The number of allylic oxidation sites excluding steroid dienone is 2. The number of benzene rings is 2. The van der Waals surface area contributed by atoms with E-state index in [9.17, 15) is 4.39 Å². The Kier molecular flexibility index (Phi) is 7.17. The Balaban J connectivity index is 1.68. The number of aromatic nitrogens is 2. The van der Waals surface area contributed by atoms with E-state index in [4.69, 9.17) is 4.98 Å². The third-order valence-corrected chi connectivity index (χ3v) is 6.23. The summed E-state index contributed by atoms with van der Waals surface area (Å²) >= 11 is 0. The molecule has 1 aliphatic heterocycles. The van der Waals surface area contributed by atoms with Gasteiger partial charge in [-0.1, -0.05) is 44.5 Å². The van der Waals surface area contributed by atoms with Crippen molar-refractivity contribution in [3.63, 3.8) is 0 Å². The fourth-order valence-electron chi connectivity index (χ4n) is 4.35. The Morgan fingerprint density at radius 1 is 1.09 bits per heavy atom. The van der Waals surface area contributed by atoms with Crippen molar-refractivity contribution >= 4 is 11.5 Å². The standard InChI is InChI=1S/C28H35FN4/c1-5-6-25(16-7-20(2)3)32-17-18-33-26(19-32)31-27(22-10-12-23(29)13-11-22)28(33)30-24-14-8-21(4)9-15-24/h6,8-15,20,30H,5,7,16-19H2,1-4H3/b25-6+. The van der Waals surface area contributed by atoms with Gasteiger partial charge in [0.2, 0.25) is 0 Å². The van der Waals surface area contributed by atoms with Gasteiger partial charge in [-0.2, -0.15) is 0 Å². The number of rotatable bonds is 8. The van der Waals surface area contributed by atoms with Crippen LogP contribution in [0.3, 0.4) is 0 Å². The largest absolute Gasteiger partial charge is 0.366 e. The molecule has 0 bridgehead atoms. The zero-order chi connectivity index (χ0) is 23.4. The molecule has 2 heterocycles. The molecule has 0 amide bonds. The van der Waals surface area contributed by atoms with Crippen molar-refractivity contribution in [2.75, 3.05) is 11.9 Å². The average Bonchev–Trinajstić information content (AvgIpc) is 3.16. The van der Waals surface area contributed by atoms with E-state index in [2.05, 4.69) is 72.8 Å². The number of nitrogens with zero attached hydrogens (tertiary/aromatic N) is 3. The van der Waals surface area contributed by atoms with Crippen LogP contribution in [0.1, 0.15) is 51.4 Å². The summed E-state index contributed by atoms with van der Waals surface area (Å²) in [4.78, 5) is 7.55. The van der Waals surface area contributed by atoms with Crippen LogP contribution in [0, 0.1) is 18.7 Å². The molecule has 0 saturated carbocycles. The van der Waals surface area contributed by atoms with Crippen molar-refractivity contribution in [3.8, 4) is 11.3 Å². The second-order valence-corrected chi connectivity index (χ2v) is 9.33. The molecule has 2 aromatic carbocycles. The summed E-state index contributed by atoms with van der Waals surface area (Å²) < 4.78 is 15.9. The highest BCUT2D eigenvalue weighted by Gasteiger charge is 2.25. The van der Waals surface area contributed by atoms with Crippen molar-refractivity contribution in [2.45, 2.75) is 60.0 Å². The molecular weight excluding hydrogens is 411 g/mol. The van der Waals surface area contributed by atoms with E-state index in [1.807, 2.05) is 12.1 Å². The number of halogens is 1. The van der Waals surface area contributed by atoms with Crippen LogP contribution in [0.15, 0.2) is 60.3 Å². The fourth-order valence-corrected chi connectivity index (χ4v) is 4.35. The molecule has 1 N–H and O–H groups in total. The van der Waals surface area contributed by atoms with Gasteiger partial charge in [-0.3, -0.25) is 0 Å². The smallest absolute Gasteiger partial charge is 0.138 e. The number of aryl methyl sites for hydroxylation is 1. The van der Waals surface area contributed by atoms with Gasteiger partial charge in [0.1, 0.15) is 23.2 Å². The van der Waals surface area contributed by atoms with Crippen LogP contribution in [0.5, 0.6) is 0 Å². The zero-order valence-corrected chi connectivity index (χ0v) is 20.2. The summed E-state index contributed by atoms with van der Waals surface area (Å²) in [5, 5.41) is 3.60. The van der Waals surface area contributed by atoms with E-state index in [0.717, 1.165) is 61.1 Å². The number of hydrogen-bond donors (Lipinski definition) is 1. The topological polar surface area (TPSA) is 33.1 Å². The van der Waals surface area contributed by atoms with E-state index in [-0.39, 0.29) is 5.82 Å². The molecule has 0 unspecified atom stereocenters. The normalized spacial score (nSPS) is 14.0. The molecule has 0 aliphatic carbocycles. The Bertz CT molecular complexity index is 1090. The van der Waals surface area contributed by atoms with Crippen LogP contribution in [-0.4, -0.2) is 21.0 Å². The van der Waals surface area contributed by atoms with Crippen LogP contribution < -0.4 is 5.32 Å². The Hall–Kier alpha value is -3.08. The van der Waals surface area contributed by atoms with Crippen LogP contribution in [0.2, 0.25) is 0 Å². The Morgan fingerprint density at radius 3 is 2.48 bits per heavy atom. The predicted molar refractivity (Wildman–Crippen MR) is 135 cm³/mol. The fraction of sp³-hybridized carbons (Fsp3) is 0.393. The van der Waals surface area contributed by atoms with Crippen LogP contribution in [-0.2, 0) is 13.1 Å². The molecule has 4 nitrogen and oxygen atoms in total. The molecule has 0 fully saturated rings. The van der Waals surface area contributed by atoms with Gasteiger partial charge in [0.15, 0.2) is 0 Å². The molecule has 0 saturated heterocycles. The number of nitrogens with one attached hydrogen (secondary N) is 1. The number of anilines is 2. The maximum absolute atomic E-state index is 13.6. The van der Waals surface area contributed by atoms with E-state index in [1.165, 1.54) is 29.8 Å². The summed E-state index contributed by atoms with van der Waals surface area (Å²) in [6.45, 7) is 11.5. The van der Waals surface area contributed by atoms with Crippen molar-refractivity contribution < 1.29 is 4.39 Å². The molecule has 5 heteroatoms. The molecule has 0 spiro atoms. The van der Waals surface area contributed by atoms with Gasteiger partial charge in [0.05, 0.1) is 6.54 Å². The van der Waals surface area contributed by atoms with Crippen molar-refractivity contribution in [1.29, 1.82) is 0 Å². The van der Waals surface area contributed by atoms with Crippen molar-refractivity contribution in [1.82, 2.24) is 14.5 Å². The SMILES string of the molecule is CC/C=C(\CCC(C)C)N1CCn2c(nc(-c3ccc(F)cc3)c2Nc2ccc(C)cc2)C1. The van der Waals surface area contributed by atoms with Gasteiger partial charge < -0.3 is 14.8 Å². The molecule has 1 aliphatic rings. The third-order valence-electron chi connectivity index (χ3n) is 6.23.